The number of carbonyl (C=O) groups excluding carboxylic acids is 2. The molecule has 0 spiro atoms. The molecule has 1 fully saturated rings. The molecule has 1 aliphatic rings. The third-order valence-electron chi connectivity index (χ3n) is 3.60. The van der Waals surface area contributed by atoms with Gasteiger partial charge in [-0.15, -0.1) is 0 Å². The number of nitrogens with zero attached hydrogens (tertiary/aromatic N) is 1. The minimum absolute atomic E-state index is 0.0717. The third-order valence-corrected chi connectivity index (χ3v) is 3.60. The standard InChI is InChI=1S/C16H22FN3O3/c1-3-20(9-11-4-7-14(23-2)13(17)8-11)10-15(21)19-16(22)18-12-5-6-12/h4,7-8,12H,3,5-6,9-10H2,1-2H3,(H2,18,19,21,22). The van der Waals surface area contributed by atoms with Gasteiger partial charge in [0.25, 0.3) is 0 Å². The molecule has 1 saturated carbocycles. The number of ether oxygens (including phenoxy) is 1. The highest BCUT2D eigenvalue weighted by molar-refractivity contribution is 5.95. The van der Waals surface area contributed by atoms with Gasteiger partial charge < -0.3 is 10.1 Å². The molecule has 1 aromatic rings. The molecule has 2 N–H and O–H groups in total. The van der Waals surface area contributed by atoms with E-state index in [1.54, 1.807) is 12.1 Å². The molecule has 0 atom stereocenters. The first kappa shape index (κ1) is 17.2. The normalized spacial score (nSPS) is 13.7. The zero-order valence-electron chi connectivity index (χ0n) is 13.4. The molecule has 0 saturated heterocycles. The third kappa shape index (κ3) is 5.52. The van der Waals surface area contributed by atoms with E-state index in [9.17, 15) is 14.0 Å². The van der Waals surface area contributed by atoms with Crippen LogP contribution < -0.4 is 15.4 Å². The van der Waals surface area contributed by atoms with E-state index in [1.807, 2.05) is 11.8 Å². The molecule has 0 heterocycles. The number of hydrogen-bond acceptors (Lipinski definition) is 4. The van der Waals surface area contributed by atoms with Crippen molar-refractivity contribution in [2.45, 2.75) is 32.4 Å². The van der Waals surface area contributed by atoms with Crippen molar-refractivity contribution in [3.63, 3.8) is 0 Å². The van der Waals surface area contributed by atoms with Crippen molar-refractivity contribution in [2.24, 2.45) is 0 Å². The van der Waals surface area contributed by atoms with Crippen LogP contribution in [0.1, 0.15) is 25.3 Å². The summed E-state index contributed by atoms with van der Waals surface area (Å²) in [5.74, 6) is -0.625. The van der Waals surface area contributed by atoms with Crippen molar-refractivity contribution in [3.05, 3.63) is 29.6 Å². The number of likely N-dealkylation sites (N-methyl/N-ethyl adjacent to an activating group) is 1. The van der Waals surface area contributed by atoms with Crippen LogP contribution in [-0.4, -0.2) is 43.1 Å². The molecular formula is C16H22FN3O3. The van der Waals surface area contributed by atoms with Gasteiger partial charge in [-0.1, -0.05) is 13.0 Å². The number of imide groups is 1. The van der Waals surface area contributed by atoms with Gasteiger partial charge in [-0.25, -0.2) is 9.18 Å². The van der Waals surface area contributed by atoms with Crippen LogP contribution in [0.5, 0.6) is 5.75 Å². The molecular weight excluding hydrogens is 301 g/mol. The average Bonchev–Trinajstić information content (AvgIpc) is 3.30. The van der Waals surface area contributed by atoms with E-state index in [2.05, 4.69) is 10.6 Å². The SMILES string of the molecule is CCN(CC(=O)NC(=O)NC1CC1)Cc1ccc(OC)c(F)c1. The van der Waals surface area contributed by atoms with Crippen LogP contribution in [-0.2, 0) is 11.3 Å². The molecule has 0 unspecified atom stereocenters. The lowest BCUT2D eigenvalue weighted by Crippen LogP contribution is -2.45. The maximum absolute atomic E-state index is 13.7. The van der Waals surface area contributed by atoms with Gasteiger partial charge in [0.1, 0.15) is 0 Å². The Morgan fingerprint density at radius 3 is 2.70 bits per heavy atom. The Bertz CT molecular complexity index is 576. The van der Waals surface area contributed by atoms with Crippen LogP contribution in [0.15, 0.2) is 18.2 Å². The van der Waals surface area contributed by atoms with E-state index >= 15 is 0 Å². The lowest BCUT2D eigenvalue weighted by atomic mass is 10.2. The topological polar surface area (TPSA) is 70.7 Å². The van der Waals surface area contributed by atoms with Crippen LogP contribution in [0.3, 0.4) is 0 Å². The molecule has 23 heavy (non-hydrogen) atoms. The van der Waals surface area contributed by atoms with Crippen LogP contribution >= 0.6 is 0 Å². The summed E-state index contributed by atoms with van der Waals surface area (Å²) in [6, 6.07) is 4.44. The van der Waals surface area contributed by atoms with E-state index in [1.165, 1.54) is 13.2 Å². The Kier molecular flexibility index (Phi) is 5.92. The second-order valence-corrected chi connectivity index (χ2v) is 5.57. The number of urea groups is 1. The Hall–Kier alpha value is -2.15. The quantitative estimate of drug-likeness (QED) is 0.800. The predicted octanol–water partition coefficient (Wildman–Crippen LogP) is 1.64. The molecule has 2 rings (SSSR count). The van der Waals surface area contributed by atoms with Gasteiger partial charge in [0, 0.05) is 12.6 Å². The van der Waals surface area contributed by atoms with Crippen molar-refractivity contribution < 1.29 is 18.7 Å². The number of hydrogen-bond donors (Lipinski definition) is 2. The number of benzene rings is 1. The second-order valence-electron chi connectivity index (χ2n) is 5.57. The van der Waals surface area contributed by atoms with Gasteiger partial charge >= 0.3 is 6.03 Å². The van der Waals surface area contributed by atoms with Crippen molar-refractivity contribution in [1.82, 2.24) is 15.5 Å². The summed E-state index contributed by atoms with van der Waals surface area (Å²) in [5.41, 5.74) is 0.736. The maximum atomic E-state index is 13.7. The van der Waals surface area contributed by atoms with Crippen molar-refractivity contribution in [3.8, 4) is 5.75 Å². The van der Waals surface area contributed by atoms with Crippen molar-refractivity contribution in [1.29, 1.82) is 0 Å². The highest BCUT2D eigenvalue weighted by Crippen LogP contribution is 2.19. The Morgan fingerprint density at radius 2 is 2.13 bits per heavy atom. The molecule has 1 aromatic carbocycles. The summed E-state index contributed by atoms with van der Waals surface area (Å²) in [6.07, 6.45) is 1.93. The van der Waals surface area contributed by atoms with Crippen molar-refractivity contribution in [2.75, 3.05) is 20.2 Å². The van der Waals surface area contributed by atoms with Crippen LogP contribution in [0.2, 0.25) is 0 Å². The molecule has 0 aromatic heterocycles. The largest absolute Gasteiger partial charge is 0.494 e. The number of amides is 3. The first-order valence-corrected chi connectivity index (χ1v) is 7.67. The summed E-state index contributed by atoms with van der Waals surface area (Å²) < 4.78 is 18.6. The Morgan fingerprint density at radius 1 is 1.39 bits per heavy atom. The van der Waals surface area contributed by atoms with E-state index in [4.69, 9.17) is 4.74 Å². The number of carbonyl (C=O) groups is 2. The summed E-state index contributed by atoms with van der Waals surface area (Å²) >= 11 is 0. The zero-order valence-corrected chi connectivity index (χ0v) is 13.4. The predicted molar refractivity (Wildman–Crippen MR) is 83.6 cm³/mol. The molecule has 0 aliphatic heterocycles. The van der Waals surface area contributed by atoms with Crippen molar-refractivity contribution >= 4 is 11.9 Å². The monoisotopic (exact) mass is 323 g/mol. The molecule has 1 aliphatic carbocycles. The fourth-order valence-electron chi connectivity index (χ4n) is 2.16. The Labute approximate surface area is 135 Å². The lowest BCUT2D eigenvalue weighted by molar-refractivity contribution is -0.121. The highest BCUT2D eigenvalue weighted by Gasteiger charge is 2.24. The smallest absolute Gasteiger partial charge is 0.321 e. The number of halogens is 1. The molecule has 0 radical (unpaired) electrons. The zero-order chi connectivity index (χ0) is 16.8. The van der Waals surface area contributed by atoms with Gasteiger partial charge in [0.05, 0.1) is 13.7 Å². The van der Waals surface area contributed by atoms with E-state index in [0.29, 0.717) is 13.1 Å². The molecule has 0 bridgehead atoms. The van der Waals surface area contributed by atoms with E-state index < -0.39 is 11.8 Å². The average molecular weight is 323 g/mol. The van der Waals surface area contributed by atoms with E-state index in [0.717, 1.165) is 18.4 Å². The molecule has 3 amide bonds. The van der Waals surface area contributed by atoms with Crippen LogP contribution in [0.4, 0.5) is 9.18 Å². The first-order chi connectivity index (χ1) is 11.0. The summed E-state index contributed by atoms with van der Waals surface area (Å²) in [4.78, 5) is 25.2. The van der Waals surface area contributed by atoms with Gasteiger partial charge in [-0.05, 0) is 37.1 Å². The van der Waals surface area contributed by atoms with Crippen LogP contribution in [0, 0.1) is 5.82 Å². The van der Waals surface area contributed by atoms with Crippen LogP contribution in [0.25, 0.3) is 0 Å². The van der Waals surface area contributed by atoms with Gasteiger partial charge in [-0.3, -0.25) is 15.0 Å². The maximum Gasteiger partial charge on any atom is 0.321 e. The number of rotatable bonds is 7. The molecule has 7 heteroatoms. The fourth-order valence-corrected chi connectivity index (χ4v) is 2.16. The number of methoxy groups -OCH3 is 1. The lowest BCUT2D eigenvalue weighted by Gasteiger charge is -2.20. The fraction of sp³-hybridized carbons (Fsp3) is 0.500. The molecule has 126 valence electrons. The minimum Gasteiger partial charge on any atom is -0.494 e. The van der Waals surface area contributed by atoms with Gasteiger partial charge in [-0.2, -0.15) is 0 Å². The Balaban J connectivity index is 1.85. The number of nitrogens with one attached hydrogen (secondary N) is 2. The second kappa shape index (κ2) is 7.92. The highest BCUT2D eigenvalue weighted by atomic mass is 19.1. The summed E-state index contributed by atoms with van der Waals surface area (Å²) in [6.45, 7) is 2.99. The first-order valence-electron chi connectivity index (χ1n) is 7.67. The molecule has 6 nitrogen and oxygen atoms in total. The van der Waals surface area contributed by atoms with E-state index in [-0.39, 0.29) is 24.2 Å². The van der Waals surface area contributed by atoms with Gasteiger partial charge in [0.2, 0.25) is 5.91 Å². The minimum atomic E-state index is -0.455. The van der Waals surface area contributed by atoms with Gasteiger partial charge in [0.15, 0.2) is 11.6 Å². The summed E-state index contributed by atoms with van der Waals surface area (Å²) in [7, 11) is 1.41. The summed E-state index contributed by atoms with van der Waals surface area (Å²) in [5, 5.41) is 5.00.